The van der Waals surface area contributed by atoms with E-state index in [1.54, 1.807) is 49.4 Å². The summed E-state index contributed by atoms with van der Waals surface area (Å²) in [7, 11) is -3.80. The number of fused-ring (bicyclic) bond motifs is 1. The molecule has 0 saturated heterocycles. The minimum Gasteiger partial charge on any atom is -0.486 e. The fourth-order valence-electron chi connectivity index (χ4n) is 3.14. The number of carbonyl (C=O) groups excluding carboxylic acids is 1. The van der Waals surface area contributed by atoms with E-state index in [9.17, 15) is 13.2 Å². The smallest absolute Gasteiger partial charge is 0.262 e. The molecule has 1 amide bonds. The molecule has 1 heterocycles. The number of amides is 1. The molecule has 0 spiro atoms. The number of halogens is 1. The standard InChI is InChI=1S/C23H21ClN2O6S/c1-15-12-19(33(28,29)26-17-4-2-16(24)3-5-17)7-9-20(15)32-14-23(27)25-18-6-8-21-22(13-18)31-11-10-30-21/h2-9,12-13,26H,10-11,14H2,1H3,(H,25,27). The first-order valence-corrected chi connectivity index (χ1v) is 11.9. The first-order chi connectivity index (χ1) is 15.8. The van der Waals surface area contributed by atoms with Gasteiger partial charge in [0.1, 0.15) is 19.0 Å². The number of ether oxygens (including phenoxy) is 3. The molecule has 33 heavy (non-hydrogen) atoms. The van der Waals surface area contributed by atoms with Gasteiger partial charge >= 0.3 is 0 Å². The van der Waals surface area contributed by atoms with Gasteiger partial charge in [0.25, 0.3) is 15.9 Å². The highest BCUT2D eigenvalue weighted by molar-refractivity contribution is 7.92. The number of benzene rings is 3. The molecule has 0 bridgehead atoms. The molecular formula is C23H21ClN2O6S. The summed E-state index contributed by atoms with van der Waals surface area (Å²) in [5.74, 6) is 1.23. The second-order valence-electron chi connectivity index (χ2n) is 7.23. The van der Waals surface area contributed by atoms with E-state index in [0.717, 1.165) is 0 Å². The Bertz CT molecular complexity index is 1280. The Hall–Kier alpha value is -3.43. The van der Waals surface area contributed by atoms with Gasteiger partial charge in [-0.25, -0.2) is 8.42 Å². The maximum atomic E-state index is 12.7. The molecule has 0 aliphatic carbocycles. The molecule has 0 aromatic heterocycles. The van der Waals surface area contributed by atoms with Crippen molar-refractivity contribution in [1.82, 2.24) is 0 Å². The summed E-state index contributed by atoms with van der Waals surface area (Å²) in [4.78, 5) is 12.4. The summed E-state index contributed by atoms with van der Waals surface area (Å²) >= 11 is 5.83. The van der Waals surface area contributed by atoms with E-state index in [1.807, 2.05) is 0 Å². The third-order valence-electron chi connectivity index (χ3n) is 4.74. The lowest BCUT2D eigenvalue weighted by molar-refractivity contribution is -0.118. The molecule has 4 rings (SSSR count). The monoisotopic (exact) mass is 488 g/mol. The normalized spacial score (nSPS) is 12.7. The van der Waals surface area contributed by atoms with Crippen molar-refractivity contribution in [2.24, 2.45) is 0 Å². The summed E-state index contributed by atoms with van der Waals surface area (Å²) in [5.41, 5.74) is 1.52. The van der Waals surface area contributed by atoms with Crippen molar-refractivity contribution in [2.45, 2.75) is 11.8 Å². The SMILES string of the molecule is Cc1cc(S(=O)(=O)Nc2ccc(Cl)cc2)ccc1OCC(=O)Nc1ccc2c(c1)OCCO2. The Morgan fingerprint density at radius 1 is 0.970 bits per heavy atom. The highest BCUT2D eigenvalue weighted by atomic mass is 35.5. The van der Waals surface area contributed by atoms with Gasteiger partial charge in [-0.3, -0.25) is 9.52 Å². The Morgan fingerprint density at radius 2 is 1.67 bits per heavy atom. The van der Waals surface area contributed by atoms with Crippen LogP contribution in [-0.4, -0.2) is 34.1 Å². The Morgan fingerprint density at radius 3 is 2.39 bits per heavy atom. The molecule has 0 unspecified atom stereocenters. The van der Waals surface area contributed by atoms with Crippen LogP contribution in [0.25, 0.3) is 0 Å². The van der Waals surface area contributed by atoms with Crippen LogP contribution in [0.15, 0.2) is 65.6 Å². The van der Waals surface area contributed by atoms with Crippen LogP contribution in [0.1, 0.15) is 5.56 Å². The third-order valence-corrected chi connectivity index (χ3v) is 6.37. The van der Waals surface area contributed by atoms with Gasteiger partial charge in [-0.05, 0) is 67.1 Å². The average molecular weight is 489 g/mol. The van der Waals surface area contributed by atoms with Crippen molar-refractivity contribution in [2.75, 3.05) is 29.9 Å². The molecular weight excluding hydrogens is 468 g/mol. The van der Waals surface area contributed by atoms with Crippen LogP contribution in [0, 0.1) is 6.92 Å². The molecule has 1 aliphatic heterocycles. The number of carbonyl (C=O) groups is 1. The van der Waals surface area contributed by atoms with Gasteiger partial charge in [-0.2, -0.15) is 0 Å². The number of anilines is 2. The van der Waals surface area contributed by atoms with E-state index < -0.39 is 10.0 Å². The third kappa shape index (κ3) is 5.68. The van der Waals surface area contributed by atoms with E-state index in [1.165, 1.54) is 18.2 Å². The number of aryl methyl sites for hydroxylation is 1. The minimum absolute atomic E-state index is 0.0722. The van der Waals surface area contributed by atoms with Gasteiger partial charge in [0.05, 0.1) is 4.90 Å². The molecule has 172 valence electrons. The number of sulfonamides is 1. The van der Waals surface area contributed by atoms with Crippen molar-refractivity contribution in [3.05, 3.63) is 71.2 Å². The quantitative estimate of drug-likeness (QED) is 0.515. The van der Waals surface area contributed by atoms with Crippen LogP contribution >= 0.6 is 11.6 Å². The summed E-state index contributed by atoms with van der Waals surface area (Å²) in [6, 6.07) is 15.9. The molecule has 10 heteroatoms. The second kappa shape index (κ2) is 9.60. The van der Waals surface area contributed by atoms with Crippen LogP contribution in [-0.2, 0) is 14.8 Å². The summed E-state index contributed by atoms with van der Waals surface area (Å²) in [6.45, 7) is 2.40. The molecule has 2 N–H and O–H groups in total. The predicted octanol–water partition coefficient (Wildman–Crippen LogP) is 4.24. The Balaban J connectivity index is 1.37. The van der Waals surface area contributed by atoms with Crippen LogP contribution in [0.2, 0.25) is 5.02 Å². The van der Waals surface area contributed by atoms with Gasteiger partial charge in [0, 0.05) is 22.5 Å². The van der Waals surface area contributed by atoms with Gasteiger partial charge in [0.15, 0.2) is 18.1 Å². The highest BCUT2D eigenvalue weighted by Crippen LogP contribution is 2.32. The summed E-state index contributed by atoms with van der Waals surface area (Å²) in [6.07, 6.45) is 0. The fourth-order valence-corrected chi connectivity index (χ4v) is 4.41. The molecule has 0 radical (unpaired) electrons. The molecule has 1 aliphatic rings. The van der Waals surface area contributed by atoms with Gasteiger partial charge in [0.2, 0.25) is 0 Å². The van der Waals surface area contributed by atoms with Crippen LogP contribution in [0.5, 0.6) is 17.2 Å². The molecule has 3 aromatic carbocycles. The van der Waals surface area contributed by atoms with Crippen molar-refractivity contribution < 1.29 is 27.4 Å². The van der Waals surface area contributed by atoms with Crippen LogP contribution < -0.4 is 24.2 Å². The molecule has 0 saturated carbocycles. The first kappa shape index (κ1) is 22.8. The van der Waals surface area contributed by atoms with E-state index in [2.05, 4.69) is 10.0 Å². The molecule has 8 nitrogen and oxygen atoms in total. The first-order valence-electron chi connectivity index (χ1n) is 10.0. The average Bonchev–Trinajstić information content (AvgIpc) is 2.79. The maximum absolute atomic E-state index is 12.7. The van der Waals surface area contributed by atoms with Gasteiger partial charge < -0.3 is 19.5 Å². The van der Waals surface area contributed by atoms with Crippen molar-refractivity contribution >= 4 is 38.9 Å². The zero-order valence-corrected chi connectivity index (χ0v) is 19.2. The lowest BCUT2D eigenvalue weighted by Crippen LogP contribution is -2.21. The van der Waals surface area contributed by atoms with E-state index in [4.69, 9.17) is 25.8 Å². The minimum atomic E-state index is -3.80. The maximum Gasteiger partial charge on any atom is 0.262 e. The van der Waals surface area contributed by atoms with E-state index in [0.29, 0.717) is 52.4 Å². The van der Waals surface area contributed by atoms with E-state index >= 15 is 0 Å². The summed E-state index contributed by atoms with van der Waals surface area (Å²) < 4.78 is 44.4. The zero-order chi connectivity index (χ0) is 23.4. The topological polar surface area (TPSA) is 103 Å². The lowest BCUT2D eigenvalue weighted by Gasteiger charge is -2.19. The number of hydrogen-bond donors (Lipinski definition) is 2. The predicted molar refractivity (Wildman–Crippen MR) is 125 cm³/mol. The fraction of sp³-hybridized carbons (Fsp3) is 0.174. The van der Waals surface area contributed by atoms with Crippen LogP contribution in [0.4, 0.5) is 11.4 Å². The number of hydrogen-bond acceptors (Lipinski definition) is 6. The number of rotatable bonds is 7. The summed E-state index contributed by atoms with van der Waals surface area (Å²) in [5, 5.41) is 3.24. The largest absolute Gasteiger partial charge is 0.486 e. The molecule has 3 aromatic rings. The Kier molecular flexibility index (Phi) is 6.62. The van der Waals surface area contributed by atoms with Crippen molar-refractivity contribution in [3.63, 3.8) is 0 Å². The molecule has 0 atom stereocenters. The second-order valence-corrected chi connectivity index (χ2v) is 9.35. The van der Waals surface area contributed by atoms with E-state index in [-0.39, 0.29) is 17.4 Å². The van der Waals surface area contributed by atoms with Crippen molar-refractivity contribution in [1.29, 1.82) is 0 Å². The Labute approximate surface area is 196 Å². The van der Waals surface area contributed by atoms with Crippen LogP contribution in [0.3, 0.4) is 0 Å². The molecule has 0 fully saturated rings. The van der Waals surface area contributed by atoms with Gasteiger partial charge in [-0.15, -0.1) is 0 Å². The lowest BCUT2D eigenvalue weighted by atomic mass is 10.2. The van der Waals surface area contributed by atoms with Gasteiger partial charge in [-0.1, -0.05) is 11.6 Å². The zero-order valence-electron chi connectivity index (χ0n) is 17.6. The number of nitrogens with one attached hydrogen (secondary N) is 2. The van der Waals surface area contributed by atoms with Crippen molar-refractivity contribution in [3.8, 4) is 17.2 Å². The highest BCUT2D eigenvalue weighted by Gasteiger charge is 2.17.